The molecule has 4 amide bonds. The number of halogens is 5. The summed E-state index contributed by atoms with van der Waals surface area (Å²) in [6.07, 6.45) is 1.78. The molecule has 3 aliphatic heterocycles. The van der Waals surface area contributed by atoms with Gasteiger partial charge in [-0.2, -0.15) is 0 Å². The molecule has 1 unspecified atom stereocenters. The van der Waals surface area contributed by atoms with Crippen LogP contribution in [0.15, 0.2) is 30.4 Å². The van der Waals surface area contributed by atoms with Gasteiger partial charge in [-0.15, -0.1) is 13.2 Å². The van der Waals surface area contributed by atoms with E-state index in [1.54, 1.807) is 6.08 Å². The third kappa shape index (κ3) is 8.44. The minimum Gasteiger partial charge on any atom is -0.483 e. The number of rotatable bonds is 6. The van der Waals surface area contributed by atoms with Crippen LogP contribution in [0, 0.1) is 12.8 Å². The highest BCUT2D eigenvalue weighted by atomic mass is 32.2. The number of nitrogens with one attached hydrogen (secondary N) is 3. The molecule has 3 N–H and O–H groups in total. The lowest BCUT2D eigenvalue weighted by Gasteiger charge is -2.40. The lowest BCUT2D eigenvalue weighted by molar-refractivity contribution is -0.274. The first kappa shape index (κ1) is 42.9. The van der Waals surface area contributed by atoms with E-state index in [1.165, 1.54) is 13.8 Å². The number of ether oxygens (including phenoxy) is 3. The molecule has 332 valence electrons. The van der Waals surface area contributed by atoms with Crippen molar-refractivity contribution in [1.82, 2.24) is 25.2 Å². The van der Waals surface area contributed by atoms with Gasteiger partial charge in [0, 0.05) is 17.7 Å². The smallest absolute Gasteiger partial charge is 0.483 e. The number of aromatic nitrogens is 1. The average Bonchev–Trinajstić information content (AvgIpc) is 3.96. The van der Waals surface area contributed by atoms with Gasteiger partial charge in [0.05, 0.1) is 34.5 Å². The Morgan fingerprint density at radius 3 is 2.46 bits per heavy atom. The van der Waals surface area contributed by atoms with Crippen LogP contribution in [-0.2, 0) is 35.1 Å². The topological polar surface area (TPSA) is 182 Å². The van der Waals surface area contributed by atoms with Gasteiger partial charge < -0.3 is 29.7 Å². The first-order chi connectivity index (χ1) is 28.6. The lowest BCUT2D eigenvalue weighted by Crippen LogP contribution is -2.58. The highest BCUT2D eigenvalue weighted by molar-refractivity contribution is 7.91. The van der Waals surface area contributed by atoms with Crippen LogP contribution in [0.2, 0.25) is 0 Å². The van der Waals surface area contributed by atoms with Crippen LogP contribution in [0.25, 0.3) is 10.9 Å². The molecule has 61 heavy (non-hydrogen) atoms. The number of hydrogen-bond donors (Lipinski definition) is 3. The van der Waals surface area contributed by atoms with Gasteiger partial charge in [-0.1, -0.05) is 25.0 Å². The number of benzene rings is 1. The maximum atomic E-state index is 16.8. The van der Waals surface area contributed by atoms with Crippen LogP contribution in [0.1, 0.15) is 108 Å². The molecule has 2 aromatic rings. The monoisotopic (exact) mass is 881 g/mol. The van der Waals surface area contributed by atoms with Crippen LogP contribution in [-0.4, -0.2) is 89.1 Å². The number of alkyl halides is 5. The highest BCUT2D eigenvalue weighted by Gasteiger charge is 2.65. The molecule has 3 aliphatic carbocycles. The summed E-state index contributed by atoms with van der Waals surface area (Å²) in [6.45, 7) is 2.29. The molecule has 1 aromatic carbocycles. The van der Waals surface area contributed by atoms with Crippen molar-refractivity contribution < 1.29 is 63.8 Å². The maximum absolute atomic E-state index is 16.8. The fraction of sp³-hybridized carbons (Fsp3) is 0.634. The van der Waals surface area contributed by atoms with E-state index < -0.39 is 116 Å². The summed E-state index contributed by atoms with van der Waals surface area (Å²) in [6, 6.07) is 0.0406. The number of carbonyl (C=O) groups is 4. The molecule has 0 radical (unpaired) electrons. The molecule has 14 nitrogen and oxygen atoms in total. The molecule has 5 atom stereocenters. The van der Waals surface area contributed by atoms with Gasteiger partial charge in [-0.25, -0.2) is 27.0 Å². The Morgan fingerprint density at radius 2 is 1.75 bits per heavy atom. The molecule has 1 spiro atoms. The standard InChI is InChI=1S/C41H48F5N5O9S/c1-23-32-31(27-18-26(59-41(44,45)46)14-15-28(27)47-23)40(42,43)21-38(60-32)20-30-33(52)49-39(35(54)50-61(56,57)37(2)16-17-37)19-24(39)10-6-4-3-5-7-13-29(34(53)51(30)22-38)48-36(55)58-25-11-8-9-12-25/h6,10,14-15,18,24-25,29-30H,3-5,7-9,11-13,16-17,19-22H2,1-2H3,(H,48,55)(H,49,52)(H,50,54)/b10-6-/t24?,29-,30-,38-,39+/m0/s1. The molecular formula is C41H48F5N5O9S. The molecular weight excluding hydrogens is 834 g/mol. The van der Waals surface area contributed by atoms with Crippen molar-refractivity contribution >= 4 is 44.7 Å². The molecule has 3 saturated carbocycles. The number of aryl methyl sites for hydroxylation is 1. The van der Waals surface area contributed by atoms with E-state index >= 15 is 8.78 Å². The van der Waals surface area contributed by atoms with Crippen LogP contribution in [0.4, 0.5) is 26.7 Å². The van der Waals surface area contributed by atoms with E-state index in [9.17, 15) is 40.8 Å². The minimum absolute atomic E-state index is 0.0240. The van der Waals surface area contributed by atoms with Crippen molar-refractivity contribution in [2.24, 2.45) is 5.92 Å². The summed E-state index contributed by atoms with van der Waals surface area (Å²) < 4.78 is 117. The summed E-state index contributed by atoms with van der Waals surface area (Å²) in [7, 11) is -4.14. The number of pyridine rings is 1. The fourth-order valence-electron chi connectivity index (χ4n) is 9.30. The van der Waals surface area contributed by atoms with E-state index in [4.69, 9.17) is 9.47 Å². The number of sulfonamides is 1. The first-order valence-electron chi connectivity index (χ1n) is 20.7. The summed E-state index contributed by atoms with van der Waals surface area (Å²) in [5, 5.41) is 5.02. The quantitative estimate of drug-likeness (QED) is 0.227. The van der Waals surface area contributed by atoms with Crippen molar-refractivity contribution in [3.63, 3.8) is 0 Å². The molecule has 4 fully saturated rings. The van der Waals surface area contributed by atoms with E-state index in [-0.39, 0.29) is 35.5 Å². The van der Waals surface area contributed by atoms with E-state index in [0.717, 1.165) is 35.9 Å². The van der Waals surface area contributed by atoms with Gasteiger partial charge in [0.2, 0.25) is 21.8 Å². The van der Waals surface area contributed by atoms with Crippen LogP contribution in [0.3, 0.4) is 0 Å². The zero-order valence-corrected chi connectivity index (χ0v) is 34.5. The Bertz CT molecular complexity index is 2280. The molecule has 8 rings (SSSR count). The Hall–Kier alpha value is -4.75. The van der Waals surface area contributed by atoms with E-state index in [1.807, 2.05) is 6.08 Å². The second kappa shape index (κ2) is 15.3. The third-order valence-electron chi connectivity index (χ3n) is 13.0. The largest absolute Gasteiger partial charge is 0.573 e. The Morgan fingerprint density at radius 1 is 1.03 bits per heavy atom. The highest BCUT2D eigenvalue weighted by Crippen LogP contribution is 2.55. The van der Waals surface area contributed by atoms with Gasteiger partial charge in [-0.3, -0.25) is 19.1 Å². The second-order valence-electron chi connectivity index (χ2n) is 17.7. The van der Waals surface area contributed by atoms with Gasteiger partial charge in [0.15, 0.2) is 5.75 Å². The van der Waals surface area contributed by atoms with Gasteiger partial charge in [0.25, 0.3) is 11.8 Å². The third-order valence-corrected chi connectivity index (χ3v) is 15.2. The summed E-state index contributed by atoms with van der Waals surface area (Å²) in [5.41, 5.74) is -4.56. The molecule has 6 aliphatic rings. The number of amides is 4. The summed E-state index contributed by atoms with van der Waals surface area (Å²) in [5.74, 6) is -8.34. The van der Waals surface area contributed by atoms with E-state index in [0.29, 0.717) is 51.4 Å². The van der Waals surface area contributed by atoms with Crippen molar-refractivity contribution in [2.45, 2.75) is 150 Å². The predicted molar refractivity (Wildman–Crippen MR) is 207 cm³/mol. The number of nitrogens with zero attached hydrogens (tertiary/aromatic N) is 2. The number of hydrogen-bond acceptors (Lipinski definition) is 10. The first-order valence-corrected chi connectivity index (χ1v) is 22.2. The fourth-order valence-corrected chi connectivity index (χ4v) is 10.6. The maximum Gasteiger partial charge on any atom is 0.573 e. The molecule has 1 aromatic heterocycles. The van der Waals surface area contributed by atoms with E-state index in [2.05, 4.69) is 25.1 Å². The number of fused-ring (bicyclic) bond motifs is 5. The zero-order valence-electron chi connectivity index (χ0n) is 33.7. The predicted octanol–water partition coefficient (Wildman–Crippen LogP) is 6.09. The average molecular weight is 882 g/mol. The molecule has 1 saturated heterocycles. The molecule has 4 heterocycles. The van der Waals surface area contributed by atoms with Crippen LogP contribution >= 0.6 is 0 Å². The molecule has 0 bridgehead atoms. The van der Waals surface area contributed by atoms with Crippen molar-refractivity contribution in [3.8, 4) is 11.5 Å². The Labute approximate surface area is 348 Å². The molecule has 20 heteroatoms. The normalized spacial score (nSPS) is 30.4. The van der Waals surface area contributed by atoms with Gasteiger partial charge >= 0.3 is 12.5 Å². The Balaban J connectivity index is 1.16. The summed E-state index contributed by atoms with van der Waals surface area (Å²) in [4.78, 5) is 62.0. The van der Waals surface area contributed by atoms with Gasteiger partial charge in [-0.05, 0) is 96.3 Å². The zero-order chi connectivity index (χ0) is 43.8. The summed E-state index contributed by atoms with van der Waals surface area (Å²) >= 11 is 0. The number of carbonyl (C=O) groups excluding carboxylic acids is 4. The second-order valence-corrected chi connectivity index (χ2v) is 19.9. The number of allylic oxidation sites excluding steroid dienone is 1. The number of alkyl carbamates (subject to hydrolysis) is 1. The van der Waals surface area contributed by atoms with Crippen LogP contribution in [0.5, 0.6) is 11.5 Å². The van der Waals surface area contributed by atoms with Crippen molar-refractivity contribution in [3.05, 3.63) is 41.6 Å². The lowest BCUT2D eigenvalue weighted by atomic mass is 9.84. The Kier molecular flexibility index (Phi) is 10.7. The van der Waals surface area contributed by atoms with Crippen molar-refractivity contribution in [2.75, 3.05) is 6.54 Å². The minimum atomic E-state index is -5.11. The SMILES string of the molecule is Cc1nc2ccc(OC(F)(F)F)cc2c2c1O[C@@]1(C[C@H]3C(=O)N[C@]4(C(=O)NS(=O)(=O)C5(C)CC5)CC4/C=C\CCCCC[C@H](NC(=O)OC4CCCC4)C(=O)N3C1)CC2(F)F. The van der Waals surface area contributed by atoms with Crippen LogP contribution < -0.4 is 24.8 Å². The van der Waals surface area contributed by atoms with Gasteiger partial charge in [0.1, 0.15) is 35.1 Å². The van der Waals surface area contributed by atoms with Crippen molar-refractivity contribution in [1.29, 1.82) is 0 Å².